The zero-order valence-electron chi connectivity index (χ0n) is 19.4. The predicted octanol–water partition coefficient (Wildman–Crippen LogP) is 4.18. The molecule has 0 spiro atoms. The Hall–Kier alpha value is -3.03. The Bertz CT molecular complexity index is 858. The summed E-state index contributed by atoms with van der Waals surface area (Å²) in [7, 11) is 0. The highest BCUT2D eigenvalue weighted by atomic mass is 16.4. The minimum atomic E-state index is -1.40. The number of aryl methyl sites for hydroxylation is 3. The summed E-state index contributed by atoms with van der Waals surface area (Å²) in [4.78, 5) is 32.0. The van der Waals surface area contributed by atoms with Crippen LogP contribution >= 0.6 is 0 Å². The number of carbonyl (C=O) groups is 3. The third-order valence-electron chi connectivity index (χ3n) is 4.32. The first-order valence-corrected chi connectivity index (χ1v) is 10.3. The number of carboxylic acid groups (broad SMARTS) is 2. The second kappa shape index (κ2) is 14.1. The Morgan fingerprint density at radius 1 is 0.875 bits per heavy atom. The number of aliphatic hydroxyl groups is 2. The molecule has 0 aliphatic heterocycles. The minimum absolute atomic E-state index is 0.232. The van der Waals surface area contributed by atoms with Crippen LogP contribution in [0.4, 0.5) is 0 Å². The maximum Gasteiger partial charge on any atom is 0.377 e. The molecule has 2 aromatic rings. The minimum Gasteiger partial charge on any atom is -0.478 e. The van der Waals surface area contributed by atoms with E-state index in [1.807, 2.05) is 19.1 Å². The number of unbranched alkanes of at least 4 members (excludes halogenated alkanes) is 1. The van der Waals surface area contributed by atoms with Gasteiger partial charge in [-0.25, -0.2) is 9.59 Å². The lowest BCUT2D eigenvalue weighted by Gasteiger charge is -2.15. The predicted molar refractivity (Wildman–Crippen MR) is 123 cm³/mol. The van der Waals surface area contributed by atoms with E-state index < -0.39 is 23.3 Å². The number of rotatable bonds is 7. The summed E-state index contributed by atoms with van der Waals surface area (Å²) in [6, 6.07) is 11.9. The average Bonchev–Trinajstić information content (AvgIpc) is 2.68. The van der Waals surface area contributed by atoms with Crippen molar-refractivity contribution in [3.05, 3.63) is 70.3 Å². The molecule has 0 unspecified atom stereocenters. The van der Waals surface area contributed by atoms with Gasteiger partial charge in [-0.1, -0.05) is 35.9 Å². The summed E-state index contributed by atoms with van der Waals surface area (Å²) >= 11 is 0. The number of benzene rings is 2. The maximum atomic E-state index is 11.3. The number of aliphatic carboxylic acids is 1. The summed E-state index contributed by atoms with van der Waals surface area (Å²) in [6.07, 6.45) is 2.47. The van der Waals surface area contributed by atoms with Crippen molar-refractivity contribution < 1.29 is 34.8 Å². The molecule has 4 N–H and O–H groups in total. The van der Waals surface area contributed by atoms with E-state index in [2.05, 4.69) is 0 Å². The monoisotopic (exact) mass is 446 g/mol. The van der Waals surface area contributed by atoms with Gasteiger partial charge >= 0.3 is 11.9 Å². The van der Waals surface area contributed by atoms with Crippen molar-refractivity contribution >= 4 is 17.7 Å². The molecule has 0 aliphatic carbocycles. The molecular weight excluding hydrogens is 412 g/mol. The number of aromatic carboxylic acids is 1. The Kier molecular flexibility index (Phi) is 12.8. The topological polar surface area (TPSA) is 132 Å². The molecule has 2 aromatic carbocycles. The fraction of sp³-hybridized carbons (Fsp3) is 0.400. The molecule has 0 amide bonds. The molecule has 0 radical (unpaired) electrons. The molecule has 0 bridgehead atoms. The number of hydrogen-bond donors (Lipinski definition) is 4. The van der Waals surface area contributed by atoms with Crippen LogP contribution in [-0.2, 0) is 4.79 Å². The van der Waals surface area contributed by atoms with E-state index >= 15 is 0 Å². The number of ketones is 1. The Morgan fingerprint density at radius 3 is 1.72 bits per heavy atom. The summed E-state index contributed by atoms with van der Waals surface area (Å²) < 4.78 is 0. The molecule has 32 heavy (non-hydrogen) atoms. The molecule has 0 saturated heterocycles. The fourth-order valence-corrected chi connectivity index (χ4v) is 2.90. The summed E-state index contributed by atoms with van der Waals surface area (Å²) in [5.74, 6) is -3.12. The van der Waals surface area contributed by atoms with Gasteiger partial charge in [0.2, 0.25) is 0 Å². The van der Waals surface area contributed by atoms with Gasteiger partial charge in [0, 0.05) is 12.2 Å². The normalized spacial score (nSPS) is 10.2. The summed E-state index contributed by atoms with van der Waals surface area (Å²) in [5.41, 5.74) is 2.54. The van der Waals surface area contributed by atoms with Crippen LogP contribution in [0.25, 0.3) is 0 Å². The molecule has 0 saturated carbocycles. The van der Waals surface area contributed by atoms with Crippen molar-refractivity contribution in [3.63, 3.8) is 0 Å². The zero-order valence-corrected chi connectivity index (χ0v) is 19.4. The fourth-order valence-electron chi connectivity index (χ4n) is 2.90. The smallest absolute Gasteiger partial charge is 0.377 e. The number of hydrogen-bond acceptors (Lipinski definition) is 5. The summed E-state index contributed by atoms with van der Waals surface area (Å²) in [5, 5.41) is 34.5. The van der Waals surface area contributed by atoms with Crippen LogP contribution in [0.3, 0.4) is 0 Å². The molecule has 0 aromatic heterocycles. The number of aliphatic hydroxyl groups excluding tert-OH is 1. The van der Waals surface area contributed by atoms with Crippen LogP contribution in [0.5, 0.6) is 0 Å². The second-order valence-corrected chi connectivity index (χ2v) is 8.07. The van der Waals surface area contributed by atoms with Gasteiger partial charge in [0.15, 0.2) is 0 Å². The van der Waals surface area contributed by atoms with Crippen molar-refractivity contribution in [1.29, 1.82) is 0 Å². The largest absolute Gasteiger partial charge is 0.478 e. The maximum absolute atomic E-state index is 11.3. The average molecular weight is 447 g/mol. The molecular formula is C25H34O7. The van der Waals surface area contributed by atoms with Crippen LogP contribution in [0.2, 0.25) is 0 Å². The van der Waals surface area contributed by atoms with E-state index in [0.29, 0.717) is 11.1 Å². The van der Waals surface area contributed by atoms with E-state index in [4.69, 9.17) is 20.4 Å². The van der Waals surface area contributed by atoms with Crippen LogP contribution in [0, 0.1) is 20.8 Å². The van der Waals surface area contributed by atoms with E-state index in [1.165, 1.54) is 0 Å². The molecule has 0 fully saturated rings. The zero-order chi connectivity index (χ0) is 24.9. The van der Waals surface area contributed by atoms with Crippen LogP contribution in [0.15, 0.2) is 42.5 Å². The van der Waals surface area contributed by atoms with Gasteiger partial charge in [-0.3, -0.25) is 4.79 Å². The Morgan fingerprint density at radius 2 is 1.38 bits per heavy atom. The van der Waals surface area contributed by atoms with Crippen molar-refractivity contribution in [2.45, 2.75) is 59.5 Å². The van der Waals surface area contributed by atoms with E-state index in [-0.39, 0.29) is 6.61 Å². The Balaban J connectivity index is 0.000000470. The van der Waals surface area contributed by atoms with Gasteiger partial charge in [0.1, 0.15) is 0 Å². The van der Waals surface area contributed by atoms with Crippen LogP contribution < -0.4 is 0 Å². The van der Waals surface area contributed by atoms with E-state index in [9.17, 15) is 14.4 Å². The van der Waals surface area contributed by atoms with Crippen molar-refractivity contribution in [2.75, 3.05) is 6.61 Å². The highest BCUT2D eigenvalue weighted by Gasteiger charge is 2.19. The molecule has 0 atom stereocenters. The molecule has 0 aliphatic rings. The SMILES string of the molecule is CC(C)(O)CCCCO.Cc1cc(C)c(C(=O)C(=O)O)c(C)c1.O=C(O)c1ccccc1. The van der Waals surface area contributed by atoms with Gasteiger partial charge in [-0.2, -0.15) is 0 Å². The van der Waals surface area contributed by atoms with Gasteiger partial charge in [-0.05, 0) is 77.1 Å². The van der Waals surface area contributed by atoms with Crippen LogP contribution in [-0.4, -0.2) is 50.4 Å². The van der Waals surface area contributed by atoms with E-state index in [0.717, 1.165) is 36.0 Å². The van der Waals surface area contributed by atoms with Gasteiger partial charge in [0.05, 0.1) is 11.2 Å². The highest BCUT2D eigenvalue weighted by Crippen LogP contribution is 2.17. The molecule has 0 heterocycles. The third kappa shape index (κ3) is 12.0. The number of carbonyl (C=O) groups excluding carboxylic acids is 1. The van der Waals surface area contributed by atoms with Crippen LogP contribution in [0.1, 0.15) is 70.5 Å². The Labute approximate surface area is 189 Å². The first-order valence-electron chi connectivity index (χ1n) is 10.3. The second-order valence-electron chi connectivity index (χ2n) is 8.07. The number of carboxylic acids is 2. The van der Waals surface area contributed by atoms with Crippen molar-refractivity contribution in [1.82, 2.24) is 0 Å². The lowest BCUT2D eigenvalue weighted by molar-refractivity contribution is -0.131. The van der Waals surface area contributed by atoms with Crippen molar-refractivity contribution in [2.24, 2.45) is 0 Å². The molecule has 7 heteroatoms. The lowest BCUT2D eigenvalue weighted by Crippen LogP contribution is -2.17. The first kappa shape index (κ1) is 29.0. The molecule has 7 nitrogen and oxygen atoms in total. The van der Waals surface area contributed by atoms with E-state index in [1.54, 1.807) is 58.0 Å². The first-order chi connectivity index (χ1) is 14.8. The van der Waals surface area contributed by atoms with Gasteiger partial charge < -0.3 is 20.4 Å². The third-order valence-corrected chi connectivity index (χ3v) is 4.32. The molecule has 176 valence electrons. The van der Waals surface area contributed by atoms with Crippen molar-refractivity contribution in [3.8, 4) is 0 Å². The standard InChI is InChI=1S/C11H12O3.C7H6O2.C7H16O2/c1-6-4-7(2)9(8(3)5-6)10(12)11(13)14;8-7(9)6-4-2-1-3-5-6;1-7(2,9)5-3-4-6-8/h4-5H,1-3H3,(H,13,14);1-5H,(H,8,9);8-9H,3-6H2,1-2H3. The summed E-state index contributed by atoms with van der Waals surface area (Å²) in [6.45, 7) is 9.20. The highest BCUT2D eigenvalue weighted by molar-refractivity contribution is 6.40. The molecule has 2 rings (SSSR count). The lowest BCUT2D eigenvalue weighted by atomic mass is 9.97. The quantitative estimate of drug-likeness (QED) is 0.285. The number of Topliss-reactive ketones (excluding diaryl/α,β-unsaturated/α-hetero) is 1. The van der Waals surface area contributed by atoms with Gasteiger partial charge in [-0.15, -0.1) is 0 Å². The van der Waals surface area contributed by atoms with Gasteiger partial charge in [0.25, 0.3) is 5.78 Å².